The monoisotopic (exact) mass is 806 g/mol. The molecular weight excluding hydrogens is 759 g/mol. The molecule has 2 aromatic rings. The number of ketones is 1. The number of amides is 2. The lowest BCUT2D eigenvalue weighted by Gasteiger charge is -2.19. The zero-order valence-electron chi connectivity index (χ0n) is 31.3. The molecule has 1 aliphatic rings. The van der Waals surface area contributed by atoms with Crippen LogP contribution in [0.15, 0.2) is 54.1 Å². The average molecular weight is 807 g/mol. The third-order valence-electron chi connectivity index (χ3n) is 7.54. The highest BCUT2D eigenvalue weighted by Gasteiger charge is 2.27. The number of esters is 2. The van der Waals surface area contributed by atoms with E-state index in [-0.39, 0.29) is 70.5 Å². The molecule has 2 atom stereocenters. The second-order valence-corrected chi connectivity index (χ2v) is 13.2. The van der Waals surface area contributed by atoms with Gasteiger partial charge in [-0.15, -0.1) is 0 Å². The van der Waals surface area contributed by atoms with Crippen molar-refractivity contribution >= 4 is 43.6 Å². The van der Waals surface area contributed by atoms with Gasteiger partial charge >= 0.3 is 25.9 Å². The second-order valence-electron chi connectivity index (χ2n) is 11.7. The van der Waals surface area contributed by atoms with Gasteiger partial charge in [0.05, 0.1) is 33.5 Å². The predicted octanol–water partition coefficient (Wildman–Crippen LogP) is 3.43. The number of methoxy groups -OCH3 is 1. The minimum atomic E-state index is -4.60. The number of carbonyl (C=O) groups is 5. The number of ether oxygens (including phenoxy) is 6. The summed E-state index contributed by atoms with van der Waals surface area (Å²) in [4.78, 5) is 69.9. The molecule has 0 radical (unpaired) electrons. The van der Waals surface area contributed by atoms with E-state index < -0.39 is 51.1 Å². The van der Waals surface area contributed by atoms with Gasteiger partial charge in [-0.3, -0.25) is 28.2 Å². The van der Waals surface area contributed by atoms with Gasteiger partial charge in [0, 0.05) is 43.5 Å². The molecule has 0 aromatic heterocycles. The molecule has 0 saturated carbocycles. The molecular formula is C37H47N2O16P. The van der Waals surface area contributed by atoms with Crippen molar-refractivity contribution in [3.05, 3.63) is 70.8 Å². The van der Waals surface area contributed by atoms with E-state index in [1.807, 2.05) is 0 Å². The topological polar surface area (TPSA) is 241 Å². The van der Waals surface area contributed by atoms with E-state index in [9.17, 15) is 38.5 Å². The van der Waals surface area contributed by atoms with Crippen LogP contribution in [0, 0.1) is 0 Å². The van der Waals surface area contributed by atoms with Crippen LogP contribution < -0.4 is 20.1 Å². The highest BCUT2D eigenvalue weighted by molar-refractivity contribution is 7.47. The molecule has 306 valence electrons. The van der Waals surface area contributed by atoms with Crippen LogP contribution >= 0.6 is 7.82 Å². The van der Waals surface area contributed by atoms with E-state index in [2.05, 4.69) is 10.6 Å². The number of hydrogen-bond acceptors (Lipinski definition) is 15. The van der Waals surface area contributed by atoms with Crippen LogP contribution in [0.3, 0.4) is 0 Å². The molecule has 0 heterocycles. The number of phosphoric acid groups is 1. The quantitative estimate of drug-likeness (QED) is 0.0391. The van der Waals surface area contributed by atoms with Crippen molar-refractivity contribution in [1.82, 2.24) is 10.6 Å². The molecule has 19 heteroatoms. The van der Waals surface area contributed by atoms with Crippen LogP contribution in [0.5, 0.6) is 17.2 Å². The number of allylic oxidation sites excluding steroid dienone is 3. The molecule has 0 spiro atoms. The maximum atomic E-state index is 13.0. The standard InChI is InChI=1S/C37H47N2O16P/c1-4-34(42)52-22-29(55-35(43)5-2)23-54-56(46,47)53-16-14-39-37(45)50-18-17-49-15-13-38-33(41)24-51-28-11-10-26-20-27(36(44)30(26)21-28)8-6-7-25-9-12-31(40)32(19-25)48-3/h6-12,19,21,29,40H,4-5,13-18,20,22-24H2,1-3H3,(H,38,41)(H,39,45)(H,46,47)/b7-6+,27-8-. The van der Waals surface area contributed by atoms with Crippen molar-refractivity contribution in [2.24, 2.45) is 0 Å². The molecule has 3 rings (SSSR count). The molecule has 1 aliphatic carbocycles. The zero-order chi connectivity index (χ0) is 40.9. The van der Waals surface area contributed by atoms with E-state index >= 15 is 0 Å². The Kier molecular flexibility index (Phi) is 19.0. The number of Topliss-reactive ketones (excluding diaryl/α,β-unsaturated/α-hetero) is 1. The lowest BCUT2D eigenvalue weighted by Crippen LogP contribution is -2.32. The Labute approximate surface area is 323 Å². The van der Waals surface area contributed by atoms with E-state index in [1.54, 1.807) is 62.4 Å². The average Bonchev–Trinajstić information content (AvgIpc) is 3.50. The molecule has 2 amide bonds. The highest BCUT2D eigenvalue weighted by Crippen LogP contribution is 2.43. The fourth-order valence-corrected chi connectivity index (χ4v) is 5.44. The van der Waals surface area contributed by atoms with Gasteiger partial charge < -0.3 is 49.1 Å². The summed E-state index contributed by atoms with van der Waals surface area (Å²) in [7, 11) is -3.14. The highest BCUT2D eigenvalue weighted by atomic mass is 31.2. The summed E-state index contributed by atoms with van der Waals surface area (Å²) in [5.41, 5.74) is 2.74. The minimum Gasteiger partial charge on any atom is -0.504 e. The minimum absolute atomic E-state index is 0.0221. The largest absolute Gasteiger partial charge is 0.504 e. The Hall–Kier alpha value is -5.26. The number of benzene rings is 2. The summed E-state index contributed by atoms with van der Waals surface area (Å²) in [6.07, 6.45) is 3.89. The van der Waals surface area contributed by atoms with Gasteiger partial charge in [0.15, 0.2) is 30.0 Å². The number of alkyl carbamates (subject to hydrolysis) is 1. The maximum Gasteiger partial charge on any atom is 0.472 e. The van der Waals surface area contributed by atoms with E-state index in [0.29, 0.717) is 29.1 Å². The third-order valence-corrected chi connectivity index (χ3v) is 8.53. The summed E-state index contributed by atoms with van der Waals surface area (Å²) in [6, 6.07) is 10.0. The molecule has 56 heavy (non-hydrogen) atoms. The molecule has 0 saturated heterocycles. The molecule has 2 aromatic carbocycles. The molecule has 0 bridgehead atoms. The van der Waals surface area contributed by atoms with Crippen LogP contribution in [0.4, 0.5) is 4.79 Å². The van der Waals surface area contributed by atoms with Crippen molar-refractivity contribution in [3.63, 3.8) is 0 Å². The molecule has 4 N–H and O–H groups in total. The smallest absolute Gasteiger partial charge is 0.472 e. The number of phenols is 1. The number of nitrogens with one attached hydrogen (secondary N) is 2. The summed E-state index contributed by atoms with van der Waals surface area (Å²) in [6.45, 7) is 1.42. The van der Waals surface area contributed by atoms with Crippen LogP contribution in [0.1, 0.15) is 48.2 Å². The number of aromatic hydroxyl groups is 1. The molecule has 0 aliphatic heterocycles. The van der Waals surface area contributed by atoms with Gasteiger partial charge in [-0.25, -0.2) is 9.36 Å². The van der Waals surface area contributed by atoms with Gasteiger partial charge in [-0.05, 0) is 35.4 Å². The first-order chi connectivity index (χ1) is 26.8. The number of rotatable bonds is 24. The maximum absolute atomic E-state index is 13.0. The van der Waals surface area contributed by atoms with Crippen molar-refractivity contribution in [3.8, 4) is 17.2 Å². The SMILES string of the molecule is CCC(=O)OCC(COP(=O)(O)OCCNC(=O)OCCOCCNC(=O)COc1ccc2c(c1)C(=O)/C(=C\C=C\c1ccc(O)c(OC)c1)C2)OC(=O)CC. The van der Waals surface area contributed by atoms with Crippen molar-refractivity contribution in [1.29, 1.82) is 0 Å². The van der Waals surface area contributed by atoms with Crippen molar-refractivity contribution in [2.45, 2.75) is 39.2 Å². The van der Waals surface area contributed by atoms with E-state index in [0.717, 1.165) is 11.1 Å². The van der Waals surface area contributed by atoms with Gasteiger partial charge in [0.25, 0.3) is 5.91 Å². The van der Waals surface area contributed by atoms with Gasteiger partial charge in [-0.1, -0.05) is 44.2 Å². The van der Waals surface area contributed by atoms with Crippen LogP contribution in [0.2, 0.25) is 0 Å². The number of phosphoric ester groups is 1. The normalized spacial score (nSPS) is 14.4. The second kappa shape index (κ2) is 23.6. The number of hydrogen-bond donors (Lipinski definition) is 4. The fraction of sp³-hybridized carbons (Fsp3) is 0.432. The van der Waals surface area contributed by atoms with Gasteiger partial charge in [0.2, 0.25) is 0 Å². The van der Waals surface area contributed by atoms with Crippen molar-refractivity contribution in [2.75, 3.05) is 66.4 Å². The number of phenolic OH excluding ortho intramolecular Hbond substituents is 1. The van der Waals surface area contributed by atoms with Gasteiger partial charge in [0.1, 0.15) is 19.0 Å². The van der Waals surface area contributed by atoms with E-state index in [4.69, 9.17) is 37.5 Å². The fourth-order valence-electron chi connectivity index (χ4n) is 4.69. The Morgan fingerprint density at radius 3 is 2.43 bits per heavy atom. The summed E-state index contributed by atoms with van der Waals surface area (Å²) >= 11 is 0. The molecule has 2 unspecified atom stereocenters. The lowest BCUT2D eigenvalue weighted by atomic mass is 10.1. The van der Waals surface area contributed by atoms with Crippen LogP contribution in [-0.4, -0.2) is 112 Å². The summed E-state index contributed by atoms with van der Waals surface area (Å²) < 4.78 is 52.6. The Balaban J connectivity index is 1.24. The molecule has 18 nitrogen and oxygen atoms in total. The number of carbonyl (C=O) groups excluding carboxylic acids is 5. The first kappa shape index (κ1) is 45.1. The lowest BCUT2D eigenvalue weighted by molar-refractivity contribution is -0.160. The van der Waals surface area contributed by atoms with E-state index in [1.165, 1.54) is 13.2 Å². The summed E-state index contributed by atoms with van der Waals surface area (Å²) in [5, 5.41) is 14.7. The Bertz CT molecular complexity index is 1780. The molecule has 0 fully saturated rings. The first-order valence-electron chi connectivity index (χ1n) is 17.6. The zero-order valence-corrected chi connectivity index (χ0v) is 32.2. The van der Waals surface area contributed by atoms with Crippen LogP contribution in [-0.2, 0) is 53.4 Å². The van der Waals surface area contributed by atoms with Gasteiger partial charge in [-0.2, -0.15) is 0 Å². The van der Waals surface area contributed by atoms with Crippen molar-refractivity contribution < 1.29 is 76.0 Å². The van der Waals surface area contributed by atoms with Crippen LogP contribution in [0.25, 0.3) is 6.08 Å². The first-order valence-corrected chi connectivity index (χ1v) is 19.1. The Morgan fingerprint density at radius 2 is 1.68 bits per heavy atom. The summed E-state index contributed by atoms with van der Waals surface area (Å²) in [5.74, 6) is -0.983. The predicted molar refractivity (Wildman–Crippen MR) is 198 cm³/mol. The third kappa shape index (κ3) is 16.2. The number of fused-ring (bicyclic) bond motifs is 1. The Morgan fingerprint density at radius 1 is 0.911 bits per heavy atom.